The third kappa shape index (κ3) is 7.93. The number of likely N-dealkylation sites (N-methyl/N-ethyl adjacent to an activating group) is 1. The fraction of sp³-hybridized carbons (Fsp3) is 0.933. The summed E-state index contributed by atoms with van der Waals surface area (Å²) in [6, 6.07) is 0.654. The maximum absolute atomic E-state index is 4.33. The number of nitrogens with one attached hydrogen (secondary N) is 2. The third-order valence-corrected chi connectivity index (χ3v) is 5.37. The van der Waals surface area contributed by atoms with Gasteiger partial charge in [0.15, 0.2) is 5.96 Å². The minimum atomic E-state index is 0. The van der Waals surface area contributed by atoms with Gasteiger partial charge in [-0.25, -0.2) is 0 Å². The topological polar surface area (TPSA) is 39.7 Å². The molecule has 1 saturated heterocycles. The van der Waals surface area contributed by atoms with Crippen LogP contribution in [0.4, 0.5) is 0 Å². The number of likely N-dealkylation sites (tertiary alicyclic amines) is 1. The van der Waals surface area contributed by atoms with Crippen molar-refractivity contribution in [2.24, 2.45) is 4.99 Å². The summed E-state index contributed by atoms with van der Waals surface area (Å²) in [5, 5.41) is 6.92. The highest BCUT2D eigenvalue weighted by atomic mass is 127. The molecule has 2 N–H and O–H groups in total. The van der Waals surface area contributed by atoms with Gasteiger partial charge in [-0.2, -0.15) is 11.8 Å². The molecule has 0 aliphatic carbocycles. The van der Waals surface area contributed by atoms with E-state index in [9.17, 15) is 0 Å². The fourth-order valence-corrected chi connectivity index (χ4v) is 2.73. The molecular weight excluding hydrogens is 395 g/mol. The van der Waals surface area contributed by atoms with E-state index in [1.165, 1.54) is 25.8 Å². The van der Waals surface area contributed by atoms with Crippen LogP contribution in [0, 0.1) is 0 Å². The maximum atomic E-state index is 4.33. The Balaban J connectivity index is 0.00000400. The van der Waals surface area contributed by atoms with Crippen LogP contribution in [-0.2, 0) is 0 Å². The van der Waals surface area contributed by atoms with Crippen LogP contribution >= 0.6 is 35.7 Å². The molecule has 0 saturated carbocycles. The molecule has 21 heavy (non-hydrogen) atoms. The van der Waals surface area contributed by atoms with Crippen molar-refractivity contribution in [2.45, 2.75) is 50.8 Å². The van der Waals surface area contributed by atoms with E-state index in [1.54, 1.807) is 0 Å². The smallest absolute Gasteiger partial charge is 0.191 e. The molecule has 0 aromatic carbocycles. The van der Waals surface area contributed by atoms with Gasteiger partial charge in [0.05, 0.1) is 0 Å². The van der Waals surface area contributed by atoms with Gasteiger partial charge in [0.1, 0.15) is 0 Å². The number of aliphatic imine (C=N–C) groups is 1. The van der Waals surface area contributed by atoms with Gasteiger partial charge in [0, 0.05) is 30.9 Å². The molecule has 126 valence electrons. The Kier molecular flexibility index (Phi) is 11.1. The Hall–Kier alpha value is 0.310. The van der Waals surface area contributed by atoms with Crippen LogP contribution < -0.4 is 10.6 Å². The molecule has 0 radical (unpaired) electrons. The van der Waals surface area contributed by atoms with Crippen LogP contribution in [0.25, 0.3) is 0 Å². The van der Waals surface area contributed by atoms with Crippen LogP contribution in [0.3, 0.4) is 0 Å². The molecule has 1 fully saturated rings. The number of piperidine rings is 1. The van der Waals surface area contributed by atoms with Crippen molar-refractivity contribution in [3.8, 4) is 0 Å². The minimum absolute atomic E-state index is 0. The quantitative estimate of drug-likeness (QED) is 0.388. The van der Waals surface area contributed by atoms with Gasteiger partial charge < -0.3 is 10.6 Å². The molecule has 1 rings (SSSR count). The first-order valence-electron chi connectivity index (χ1n) is 7.76. The highest BCUT2D eigenvalue weighted by molar-refractivity contribution is 14.0. The molecule has 0 aromatic rings. The van der Waals surface area contributed by atoms with Gasteiger partial charge in [-0.05, 0) is 46.0 Å². The summed E-state index contributed by atoms with van der Waals surface area (Å²) in [6.45, 7) is 11.1. The largest absolute Gasteiger partial charge is 0.355 e. The Morgan fingerprint density at radius 2 is 2.05 bits per heavy atom. The Bertz CT molecular complexity index is 310. The average Bonchev–Trinajstić information content (AvgIpc) is 2.47. The lowest BCUT2D eigenvalue weighted by Crippen LogP contribution is -2.50. The highest BCUT2D eigenvalue weighted by Crippen LogP contribution is 2.19. The van der Waals surface area contributed by atoms with E-state index < -0.39 is 0 Å². The van der Waals surface area contributed by atoms with Gasteiger partial charge in [-0.3, -0.25) is 9.89 Å². The van der Waals surface area contributed by atoms with Gasteiger partial charge in [-0.1, -0.05) is 13.3 Å². The predicted octanol–water partition coefficient (Wildman–Crippen LogP) is 2.79. The monoisotopic (exact) mass is 428 g/mol. The molecule has 0 amide bonds. The van der Waals surface area contributed by atoms with Crippen molar-refractivity contribution in [2.75, 3.05) is 39.5 Å². The molecule has 0 aromatic heterocycles. The number of thioether (sulfide) groups is 1. The molecule has 0 bridgehead atoms. The molecular formula is C15H33IN4S. The van der Waals surface area contributed by atoms with Crippen LogP contribution in [-0.4, -0.2) is 61.1 Å². The number of guanidine groups is 1. The first-order chi connectivity index (χ1) is 9.52. The van der Waals surface area contributed by atoms with E-state index in [4.69, 9.17) is 0 Å². The highest BCUT2D eigenvalue weighted by Gasteiger charge is 2.21. The Labute approximate surface area is 152 Å². The summed E-state index contributed by atoms with van der Waals surface area (Å²) in [7, 11) is 1.85. The number of halogens is 1. The SMILES string of the molecule is CCN1CCCCC1CNC(=NC)NCC(C)(C)SC.I. The summed E-state index contributed by atoms with van der Waals surface area (Å²) in [5.41, 5.74) is 0. The molecule has 1 aliphatic heterocycles. The third-order valence-electron chi connectivity index (χ3n) is 4.12. The summed E-state index contributed by atoms with van der Waals surface area (Å²) in [4.78, 5) is 6.91. The van der Waals surface area contributed by atoms with Gasteiger partial charge in [0.2, 0.25) is 0 Å². The number of hydrogen-bond donors (Lipinski definition) is 2. The molecule has 1 unspecified atom stereocenters. The normalized spacial score (nSPS) is 20.8. The van der Waals surface area contributed by atoms with Crippen LogP contribution in [0.5, 0.6) is 0 Å². The van der Waals surface area contributed by atoms with E-state index in [-0.39, 0.29) is 28.7 Å². The van der Waals surface area contributed by atoms with Crippen LogP contribution in [0.2, 0.25) is 0 Å². The molecule has 1 aliphatic rings. The Morgan fingerprint density at radius 3 is 2.62 bits per heavy atom. The van der Waals surface area contributed by atoms with Crippen LogP contribution in [0.1, 0.15) is 40.0 Å². The van der Waals surface area contributed by atoms with Crippen molar-refractivity contribution < 1.29 is 0 Å². The fourth-order valence-electron chi connectivity index (χ4n) is 2.51. The minimum Gasteiger partial charge on any atom is -0.355 e. The zero-order valence-corrected chi connectivity index (χ0v) is 17.4. The first kappa shape index (κ1) is 21.3. The predicted molar refractivity (Wildman–Crippen MR) is 107 cm³/mol. The van der Waals surface area contributed by atoms with Gasteiger partial charge in [0.25, 0.3) is 0 Å². The molecule has 1 atom stereocenters. The summed E-state index contributed by atoms with van der Waals surface area (Å²) < 4.78 is 0.234. The molecule has 6 heteroatoms. The van der Waals surface area contributed by atoms with Crippen molar-refractivity contribution in [1.29, 1.82) is 0 Å². The lowest BCUT2D eigenvalue weighted by Gasteiger charge is -2.35. The zero-order chi connectivity index (χ0) is 15.0. The second-order valence-electron chi connectivity index (χ2n) is 6.05. The second kappa shape index (κ2) is 10.9. The average molecular weight is 428 g/mol. The number of rotatable bonds is 6. The van der Waals surface area contributed by atoms with Crippen molar-refractivity contribution in [1.82, 2.24) is 15.5 Å². The summed E-state index contributed by atoms with van der Waals surface area (Å²) in [5.74, 6) is 0.925. The Morgan fingerprint density at radius 1 is 1.33 bits per heavy atom. The zero-order valence-electron chi connectivity index (χ0n) is 14.2. The van der Waals surface area contributed by atoms with E-state index in [0.29, 0.717) is 6.04 Å². The summed E-state index contributed by atoms with van der Waals surface area (Å²) in [6.07, 6.45) is 6.15. The van der Waals surface area contributed by atoms with E-state index in [0.717, 1.165) is 25.6 Å². The standard InChI is InChI=1S/C15H32N4S.HI/c1-6-19-10-8-7-9-13(19)11-17-14(16-4)18-12-15(2,3)20-5;/h13H,6-12H2,1-5H3,(H2,16,17,18);1H. The second-order valence-corrected chi connectivity index (χ2v) is 7.56. The van der Waals surface area contributed by atoms with E-state index >= 15 is 0 Å². The van der Waals surface area contributed by atoms with Crippen molar-refractivity contribution >= 4 is 41.7 Å². The maximum Gasteiger partial charge on any atom is 0.191 e. The molecule has 0 spiro atoms. The van der Waals surface area contributed by atoms with Gasteiger partial charge >= 0.3 is 0 Å². The summed E-state index contributed by atoms with van der Waals surface area (Å²) >= 11 is 1.88. The first-order valence-corrected chi connectivity index (χ1v) is 8.98. The lowest BCUT2D eigenvalue weighted by atomic mass is 10.0. The van der Waals surface area contributed by atoms with E-state index in [1.807, 2.05) is 18.8 Å². The van der Waals surface area contributed by atoms with Crippen molar-refractivity contribution in [3.05, 3.63) is 0 Å². The molecule has 1 heterocycles. The van der Waals surface area contributed by atoms with Crippen LogP contribution in [0.15, 0.2) is 4.99 Å². The molecule has 4 nitrogen and oxygen atoms in total. The van der Waals surface area contributed by atoms with E-state index in [2.05, 4.69) is 47.6 Å². The number of hydrogen-bond acceptors (Lipinski definition) is 3. The number of nitrogens with zero attached hydrogens (tertiary/aromatic N) is 2. The van der Waals surface area contributed by atoms with Crippen molar-refractivity contribution in [3.63, 3.8) is 0 Å². The lowest BCUT2D eigenvalue weighted by molar-refractivity contribution is 0.157. The van der Waals surface area contributed by atoms with Gasteiger partial charge in [-0.15, -0.1) is 24.0 Å².